The van der Waals surface area contributed by atoms with Gasteiger partial charge in [0.05, 0.1) is 0 Å². The fourth-order valence-electron chi connectivity index (χ4n) is 3.58. The molecule has 0 radical (unpaired) electrons. The summed E-state index contributed by atoms with van der Waals surface area (Å²) in [6, 6.07) is 7.95. The van der Waals surface area contributed by atoms with Gasteiger partial charge in [0, 0.05) is 50.9 Å². The number of amides is 1. The van der Waals surface area contributed by atoms with E-state index < -0.39 is 5.97 Å². The van der Waals surface area contributed by atoms with E-state index >= 15 is 0 Å². The molecular weight excluding hydrogens is 318 g/mol. The van der Waals surface area contributed by atoms with Crippen molar-refractivity contribution in [3.63, 3.8) is 0 Å². The Morgan fingerprint density at radius 2 is 1.96 bits per heavy atom. The smallest absolute Gasteiger partial charge is 0.303 e. The Kier molecular flexibility index (Phi) is 6.42. The second kappa shape index (κ2) is 8.34. The molecule has 138 valence electrons. The summed E-state index contributed by atoms with van der Waals surface area (Å²) >= 11 is 0. The fourth-order valence-corrected chi connectivity index (χ4v) is 3.58. The minimum absolute atomic E-state index is 0.0289. The van der Waals surface area contributed by atoms with Crippen molar-refractivity contribution >= 4 is 17.6 Å². The van der Waals surface area contributed by atoms with Crippen LogP contribution >= 0.6 is 0 Å². The molecule has 2 atom stereocenters. The van der Waals surface area contributed by atoms with Crippen LogP contribution in [-0.2, 0) is 4.79 Å². The van der Waals surface area contributed by atoms with Crippen molar-refractivity contribution in [2.75, 3.05) is 46.2 Å². The molecule has 6 heteroatoms. The van der Waals surface area contributed by atoms with Gasteiger partial charge in [0.25, 0.3) is 5.91 Å². The number of hydrogen-bond acceptors (Lipinski definition) is 4. The Hall–Kier alpha value is -2.08. The van der Waals surface area contributed by atoms with E-state index in [1.165, 1.54) is 0 Å². The summed E-state index contributed by atoms with van der Waals surface area (Å²) in [7, 11) is 7.95. The first-order chi connectivity index (χ1) is 11.8. The van der Waals surface area contributed by atoms with E-state index in [1.54, 1.807) is 0 Å². The Morgan fingerprint density at radius 1 is 1.24 bits per heavy atom. The number of carboxylic acids is 1. The van der Waals surface area contributed by atoms with Gasteiger partial charge in [0.15, 0.2) is 0 Å². The Labute approximate surface area is 150 Å². The van der Waals surface area contributed by atoms with Crippen LogP contribution in [0.15, 0.2) is 24.3 Å². The minimum Gasteiger partial charge on any atom is -0.481 e. The summed E-state index contributed by atoms with van der Waals surface area (Å²) in [5.41, 5.74) is 1.68. The number of piperidine rings is 1. The van der Waals surface area contributed by atoms with Crippen molar-refractivity contribution in [1.82, 2.24) is 9.80 Å². The maximum Gasteiger partial charge on any atom is 0.303 e. The largest absolute Gasteiger partial charge is 0.481 e. The molecule has 1 amide bonds. The molecule has 0 saturated carbocycles. The molecule has 25 heavy (non-hydrogen) atoms. The number of likely N-dealkylation sites (tertiary alicyclic amines) is 1. The van der Waals surface area contributed by atoms with Crippen molar-refractivity contribution < 1.29 is 14.7 Å². The van der Waals surface area contributed by atoms with E-state index in [9.17, 15) is 9.59 Å². The zero-order chi connectivity index (χ0) is 18.6. The minimum atomic E-state index is -0.778. The lowest BCUT2D eigenvalue weighted by atomic mass is 9.87. The predicted molar refractivity (Wildman–Crippen MR) is 99.1 cm³/mol. The summed E-state index contributed by atoms with van der Waals surface area (Å²) in [4.78, 5) is 29.9. The summed E-state index contributed by atoms with van der Waals surface area (Å²) in [6.07, 6.45) is 1.61. The van der Waals surface area contributed by atoms with Crippen LogP contribution in [0, 0.1) is 5.92 Å². The van der Waals surface area contributed by atoms with Crippen LogP contribution in [0.4, 0.5) is 5.69 Å². The van der Waals surface area contributed by atoms with Gasteiger partial charge >= 0.3 is 5.97 Å². The lowest BCUT2D eigenvalue weighted by Gasteiger charge is -2.41. The lowest BCUT2D eigenvalue weighted by Crippen LogP contribution is -2.50. The van der Waals surface area contributed by atoms with Crippen LogP contribution in [-0.4, -0.2) is 74.1 Å². The summed E-state index contributed by atoms with van der Waals surface area (Å²) in [6.45, 7) is 1.32. The average Bonchev–Trinajstić information content (AvgIpc) is 2.58. The van der Waals surface area contributed by atoms with Crippen LogP contribution < -0.4 is 4.90 Å². The van der Waals surface area contributed by atoms with Gasteiger partial charge in [0.2, 0.25) is 0 Å². The predicted octanol–water partition coefficient (Wildman–Crippen LogP) is 2.01. The number of aliphatic carboxylic acids is 1. The van der Waals surface area contributed by atoms with Gasteiger partial charge < -0.3 is 19.8 Å². The highest BCUT2D eigenvalue weighted by molar-refractivity contribution is 5.95. The summed E-state index contributed by atoms with van der Waals surface area (Å²) in [5, 5.41) is 9.01. The maximum atomic E-state index is 12.9. The quantitative estimate of drug-likeness (QED) is 0.853. The Bertz CT molecular complexity index is 616. The topological polar surface area (TPSA) is 64.1 Å². The number of carbonyl (C=O) groups excluding carboxylic acids is 1. The maximum absolute atomic E-state index is 12.9. The molecule has 1 fully saturated rings. The van der Waals surface area contributed by atoms with Crippen LogP contribution in [0.1, 0.15) is 29.6 Å². The number of nitrogens with zero attached hydrogens (tertiary/aromatic N) is 3. The number of benzene rings is 1. The van der Waals surface area contributed by atoms with Crippen LogP contribution in [0.2, 0.25) is 0 Å². The number of carboxylic acid groups (broad SMARTS) is 1. The van der Waals surface area contributed by atoms with Crippen molar-refractivity contribution in [1.29, 1.82) is 0 Å². The zero-order valence-electron chi connectivity index (χ0n) is 15.6. The Morgan fingerprint density at radius 3 is 2.56 bits per heavy atom. The lowest BCUT2D eigenvalue weighted by molar-refractivity contribution is -0.137. The molecule has 1 aliphatic rings. The third-order valence-corrected chi connectivity index (χ3v) is 4.98. The van der Waals surface area contributed by atoms with Gasteiger partial charge in [-0.3, -0.25) is 9.59 Å². The normalized spacial score (nSPS) is 20.6. The second-order valence-electron chi connectivity index (χ2n) is 7.21. The van der Waals surface area contributed by atoms with Crippen molar-refractivity contribution in [2.24, 2.45) is 5.92 Å². The van der Waals surface area contributed by atoms with Gasteiger partial charge in [-0.2, -0.15) is 0 Å². The number of hydrogen-bond donors (Lipinski definition) is 1. The van der Waals surface area contributed by atoms with Crippen LogP contribution in [0.25, 0.3) is 0 Å². The highest BCUT2D eigenvalue weighted by Gasteiger charge is 2.33. The van der Waals surface area contributed by atoms with Gasteiger partial charge in [0.1, 0.15) is 0 Å². The molecule has 1 saturated heterocycles. The van der Waals surface area contributed by atoms with Crippen molar-refractivity contribution in [3.05, 3.63) is 29.8 Å². The molecule has 1 aliphatic heterocycles. The highest BCUT2D eigenvalue weighted by Crippen LogP contribution is 2.26. The highest BCUT2D eigenvalue weighted by atomic mass is 16.4. The van der Waals surface area contributed by atoms with Crippen LogP contribution in [0.5, 0.6) is 0 Å². The molecule has 1 aromatic rings. The molecular formula is C19H29N3O3. The molecule has 0 unspecified atom stereocenters. The molecule has 2 rings (SSSR count). The van der Waals surface area contributed by atoms with Crippen LogP contribution in [0.3, 0.4) is 0 Å². The average molecular weight is 347 g/mol. The van der Waals surface area contributed by atoms with Gasteiger partial charge in [-0.15, -0.1) is 0 Å². The molecule has 0 aromatic heterocycles. The van der Waals surface area contributed by atoms with Gasteiger partial charge in [-0.25, -0.2) is 0 Å². The number of carbonyl (C=O) groups is 2. The molecule has 6 nitrogen and oxygen atoms in total. The third-order valence-electron chi connectivity index (χ3n) is 4.98. The van der Waals surface area contributed by atoms with E-state index in [-0.39, 0.29) is 18.2 Å². The monoisotopic (exact) mass is 347 g/mol. The van der Waals surface area contributed by atoms with E-state index in [2.05, 4.69) is 4.90 Å². The SMILES string of the molecule is CN(C)c1cccc(C(=O)N2CC[C@H](N(C)C)[C@H](CCC(=O)O)C2)c1. The second-order valence-corrected chi connectivity index (χ2v) is 7.21. The zero-order valence-corrected chi connectivity index (χ0v) is 15.6. The van der Waals surface area contributed by atoms with Crippen molar-refractivity contribution in [2.45, 2.75) is 25.3 Å². The van der Waals surface area contributed by atoms with E-state index in [4.69, 9.17) is 5.11 Å². The van der Waals surface area contributed by atoms with E-state index in [0.29, 0.717) is 31.1 Å². The van der Waals surface area contributed by atoms with E-state index in [1.807, 2.05) is 62.3 Å². The third kappa shape index (κ3) is 4.95. The number of anilines is 1. The van der Waals surface area contributed by atoms with Crippen molar-refractivity contribution in [3.8, 4) is 0 Å². The molecule has 0 spiro atoms. The molecule has 1 N–H and O–H groups in total. The first-order valence-electron chi connectivity index (χ1n) is 8.74. The summed E-state index contributed by atoms with van der Waals surface area (Å²) < 4.78 is 0. The number of rotatable bonds is 6. The standard InChI is InChI=1S/C19H29N3O3/c1-20(2)16-7-5-6-14(12-16)19(25)22-11-10-17(21(3)4)15(13-22)8-9-18(23)24/h5-7,12,15,17H,8-11,13H2,1-4H3,(H,23,24)/t15-,17+/m1/s1. The first-order valence-corrected chi connectivity index (χ1v) is 8.74. The fraction of sp³-hybridized carbons (Fsp3) is 0.579. The Balaban J connectivity index is 2.12. The first kappa shape index (κ1) is 19.2. The molecule has 1 heterocycles. The summed E-state index contributed by atoms with van der Waals surface area (Å²) in [5.74, 6) is -0.568. The molecule has 1 aromatic carbocycles. The molecule has 0 aliphatic carbocycles. The van der Waals surface area contributed by atoms with Gasteiger partial charge in [-0.1, -0.05) is 6.07 Å². The molecule has 0 bridgehead atoms. The van der Waals surface area contributed by atoms with E-state index in [0.717, 1.165) is 12.1 Å². The van der Waals surface area contributed by atoms with Gasteiger partial charge in [-0.05, 0) is 51.1 Å².